The van der Waals surface area contributed by atoms with E-state index >= 15 is 0 Å². The minimum absolute atomic E-state index is 0.206. The van der Waals surface area contributed by atoms with Crippen molar-refractivity contribution in [2.75, 3.05) is 30.1 Å². The SMILES string of the molecule is O=C(Nc1ccc2c(c1)OCO2)c1ccnc(N2CCCCC2)n1. The molecule has 24 heavy (non-hydrogen) atoms. The Balaban J connectivity index is 1.50. The van der Waals surface area contributed by atoms with Gasteiger partial charge in [-0.25, -0.2) is 9.97 Å². The second-order valence-electron chi connectivity index (χ2n) is 5.81. The van der Waals surface area contributed by atoms with Crippen LogP contribution in [0.1, 0.15) is 29.8 Å². The van der Waals surface area contributed by atoms with Crippen molar-refractivity contribution in [1.82, 2.24) is 9.97 Å². The second kappa shape index (κ2) is 6.35. The fourth-order valence-electron chi connectivity index (χ4n) is 2.89. The smallest absolute Gasteiger partial charge is 0.274 e. The molecule has 0 saturated carbocycles. The summed E-state index contributed by atoms with van der Waals surface area (Å²) in [7, 11) is 0. The van der Waals surface area contributed by atoms with Gasteiger partial charge < -0.3 is 19.7 Å². The molecule has 1 saturated heterocycles. The fraction of sp³-hybridized carbons (Fsp3) is 0.353. The van der Waals surface area contributed by atoms with Gasteiger partial charge in [0.15, 0.2) is 11.5 Å². The molecule has 7 heteroatoms. The van der Waals surface area contributed by atoms with Crippen molar-refractivity contribution in [3.8, 4) is 11.5 Å². The molecule has 0 atom stereocenters. The molecule has 124 valence electrons. The number of piperidine rings is 1. The van der Waals surface area contributed by atoms with Gasteiger partial charge in [0, 0.05) is 31.0 Å². The molecule has 0 spiro atoms. The van der Waals surface area contributed by atoms with Crippen LogP contribution in [-0.4, -0.2) is 35.8 Å². The number of nitrogens with zero attached hydrogens (tertiary/aromatic N) is 3. The number of anilines is 2. The van der Waals surface area contributed by atoms with Gasteiger partial charge in [0.25, 0.3) is 5.91 Å². The molecule has 1 amide bonds. The summed E-state index contributed by atoms with van der Waals surface area (Å²) < 4.78 is 10.6. The number of nitrogens with one attached hydrogen (secondary N) is 1. The van der Waals surface area contributed by atoms with Crippen LogP contribution in [0.2, 0.25) is 0 Å². The minimum atomic E-state index is -0.269. The minimum Gasteiger partial charge on any atom is -0.454 e. The van der Waals surface area contributed by atoms with Gasteiger partial charge >= 0.3 is 0 Å². The van der Waals surface area contributed by atoms with E-state index < -0.39 is 0 Å². The van der Waals surface area contributed by atoms with Crippen molar-refractivity contribution in [3.05, 3.63) is 36.2 Å². The van der Waals surface area contributed by atoms with Crippen LogP contribution in [0.4, 0.5) is 11.6 Å². The fourth-order valence-corrected chi connectivity index (χ4v) is 2.89. The third-order valence-electron chi connectivity index (χ3n) is 4.14. The highest BCUT2D eigenvalue weighted by Gasteiger charge is 2.17. The zero-order valence-corrected chi connectivity index (χ0v) is 13.2. The van der Waals surface area contributed by atoms with Crippen LogP contribution in [0.25, 0.3) is 0 Å². The topological polar surface area (TPSA) is 76.6 Å². The molecule has 4 rings (SSSR count). The summed E-state index contributed by atoms with van der Waals surface area (Å²) in [4.78, 5) is 23.3. The lowest BCUT2D eigenvalue weighted by Gasteiger charge is -2.26. The maximum absolute atomic E-state index is 12.5. The molecule has 0 aliphatic carbocycles. The van der Waals surface area contributed by atoms with Crippen LogP contribution in [0.15, 0.2) is 30.5 Å². The zero-order valence-electron chi connectivity index (χ0n) is 13.2. The average molecular weight is 326 g/mol. The molecule has 2 aliphatic heterocycles. The Bertz CT molecular complexity index is 759. The molecule has 3 heterocycles. The van der Waals surface area contributed by atoms with Gasteiger partial charge in [-0.15, -0.1) is 0 Å². The normalized spacial score (nSPS) is 16.1. The van der Waals surface area contributed by atoms with Gasteiger partial charge in [-0.1, -0.05) is 0 Å². The largest absolute Gasteiger partial charge is 0.454 e. The van der Waals surface area contributed by atoms with Crippen LogP contribution >= 0.6 is 0 Å². The van der Waals surface area contributed by atoms with Crippen LogP contribution in [0.5, 0.6) is 11.5 Å². The summed E-state index contributed by atoms with van der Waals surface area (Å²) in [5.41, 5.74) is 0.991. The summed E-state index contributed by atoms with van der Waals surface area (Å²) in [6.45, 7) is 2.08. The van der Waals surface area contributed by atoms with E-state index in [0.717, 1.165) is 25.9 Å². The van der Waals surface area contributed by atoms with Crippen molar-refractivity contribution >= 4 is 17.5 Å². The van der Waals surface area contributed by atoms with Crippen molar-refractivity contribution < 1.29 is 14.3 Å². The van der Waals surface area contributed by atoms with Gasteiger partial charge in [-0.05, 0) is 37.5 Å². The molecule has 1 N–H and O–H groups in total. The van der Waals surface area contributed by atoms with Crippen molar-refractivity contribution in [1.29, 1.82) is 0 Å². The highest BCUT2D eigenvalue weighted by molar-refractivity contribution is 6.03. The Morgan fingerprint density at radius 1 is 1.08 bits per heavy atom. The predicted molar refractivity (Wildman–Crippen MR) is 88.6 cm³/mol. The number of carbonyl (C=O) groups is 1. The van der Waals surface area contributed by atoms with E-state index in [4.69, 9.17) is 9.47 Å². The first kappa shape index (κ1) is 14.7. The van der Waals surface area contributed by atoms with Crippen LogP contribution in [0, 0.1) is 0 Å². The number of fused-ring (bicyclic) bond motifs is 1. The maximum Gasteiger partial charge on any atom is 0.274 e. The summed E-state index contributed by atoms with van der Waals surface area (Å²) in [6, 6.07) is 6.91. The van der Waals surface area contributed by atoms with Crippen molar-refractivity contribution in [3.63, 3.8) is 0 Å². The number of ether oxygens (including phenoxy) is 2. The molecular weight excluding hydrogens is 308 g/mol. The molecule has 1 aromatic heterocycles. The predicted octanol–water partition coefficient (Wildman–Crippen LogP) is 2.45. The van der Waals surface area contributed by atoms with E-state index in [-0.39, 0.29) is 12.7 Å². The Labute approximate surface area is 139 Å². The van der Waals surface area contributed by atoms with Gasteiger partial charge in [0.2, 0.25) is 12.7 Å². The quantitative estimate of drug-likeness (QED) is 0.933. The first-order chi connectivity index (χ1) is 11.8. The summed E-state index contributed by atoms with van der Waals surface area (Å²) in [5, 5.41) is 2.83. The standard InChI is InChI=1S/C17H18N4O3/c22-16(19-12-4-5-14-15(10-12)24-11-23-14)13-6-7-18-17(20-13)21-8-2-1-3-9-21/h4-7,10H,1-3,8-9,11H2,(H,19,22). The maximum atomic E-state index is 12.5. The summed E-state index contributed by atoms with van der Waals surface area (Å²) in [6.07, 6.45) is 5.14. The Kier molecular flexibility index (Phi) is 3.90. The van der Waals surface area contributed by atoms with Crippen LogP contribution in [-0.2, 0) is 0 Å². The van der Waals surface area contributed by atoms with Gasteiger partial charge in [0.05, 0.1) is 0 Å². The number of rotatable bonds is 3. The molecule has 1 aromatic carbocycles. The molecule has 0 radical (unpaired) electrons. The van der Waals surface area contributed by atoms with Crippen molar-refractivity contribution in [2.45, 2.75) is 19.3 Å². The third kappa shape index (κ3) is 2.97. The van der Waals surface area contributed by atoms with Crippen LogP contribution in [0.3, 0.4) is 0 Å². The number of hydrogen-bond acceptors (Lipinski definition) is 6. The van der Waals surface area contributed by atoms with E-state index in [1.54, 1.807) is 30.5 Å². The Morgan fingerprint density at radius 3 is 2.79 bits per heavy atom. The Morgan fingerprint density at radius 2 is 1.92 bits per heavy atom. The van der Waals surface area contributed by atoms with E-state index in [1.165, 1.54) is 6.42 Å². The van der Waals surface area contributed by atoms with Gasteiger partial charge in [-0.3, -0.25) is 4.79 Å². The Hall–Kier alpha value is -2.83. The lowest BCUT2D eigenvalue weighted by atomic mass is 10.1. The molecule has 2 aromatic rings. The highest BCUT2D eigenvalue weighted by Crippen LogP contribution is 2.34. The van der Waals surface area contributed by atoms with Crippen LogP contribution < -0.4 is 19.7 Å². The van der Waals surface area contributed by atoms with E-state index in [2.05, 4.69) is 20.2 Å². The lowest BCUT2D eigenvalue weighted by Crippen LogP contribution is -2.31. The molecule has 0 bridgehead atoms. The average Bonchev–Trinajstić information content (AvgIpc) is 3.10. The number of hydrogen-bond donors (Lipinski definition) is 1. The lowest BCUT2D eigenvalue weighted by molar-refractivity contribution is 0.102. The van der Waals surface area contributed by atoms with Gasteiger partial charge in [0.1, 0.15) is 5.69 Å². The monoisotopic (exact) mass is 326 g/mol. The zero-order chi connectivity index (χ0) is 16.4. The van der Waals surface area contributed by atoms with Gasteiger partial charge in [-0.2, -0.15) is 0 Å². The number of benzene rings is 1. The summed E-state index contributed by atoms with van der Waals surface area (Å²) in [5.74, 6) is 1.66. The molecule has 0 unspecified atom stereocenters. The number of carbonyl (C=O) groups excluding carboxylic acids is 1. The molecule has 7 nitrogen and oxygen atoms in total. The van der Waals surface area contributed by atoms with E-state index in [9.17, 15) is 4.79 Å². The highest BCUT2D eigenvalue weighted by atomic mass is 16.7. The number of aromatic nitrogens is 2. The van der Waals surface area contributed by atoms with E-state index in [1.807, 2.05) is 0 Å². The molecule has 1 fully saturated rings. The third-order valence-corrected chi connectivity index (χ3v) is 4.14. The number of amides is 1. The molecule has 2 aliphatic rings. The summed E-state index contributed by atoms with van der Waals surface area (Å²) >= 11 is 0. The second-order valence-corrected chi connectivity index (χ2v) is 5.81. The molecular formula is C17H18N4O3. The first-order valence-corrected chi connectivity index (χ1v) is 8.08. The van der Waals surface area contributed by atoms with Crippen molar-refractivity contribution in [2.24, 2.45) is 0 Å². The van der Waals surface area contributed by atoms with E-state index in [0.29, 0.717) is 28.8 Å². The first-order valence-electron chi connectivity index (χ1n) is 8.08.